The number of furan rings is 1. The zero-order valence-electron chi connectivity index (χ0n) is 10.9. The largest absolute Gasteiger partial charge is 0.467 e. The predicted molar refractivity (Wildman–Crippen MR) is 70.3 cm³/mol. The molecule has 6 heteroatoms. The summed E-state index contributed by atoms with van der Waals surface area (Å²) >= 11 is 0. The minimum Gasteiger partial charge on any atom is -0.467 e. The maximum Gasteiger partial charge on any atom is 0.254 e. The van der Waals surface area contributed by atoms with Crippen LogP contribution in [0.15, 0.2) is 35.5 Å². The summed E-state index contributed by atoms with van der Waals surface area (Å²) in [6.45, 7) is 3.78. The molecule has 2 aromatic heterocycles. The zero-order chi connectivity index (χ0) is 13.7. The Kier molecular flexibility index (Phi) is 4.35. The standard InChI is InChI=1S/C13H18N4O2/c1-10(7-17-3-2-15-9-17)6-16-13(18)11-4-12(5-14)19-8-11/h2-4,8-10H,5-7,14H2,1H3,(H,16,18). The molecule has 0 aliphatic rings. The van der Waals surface area contributed by atoms with Gasteiger partial charge in [-0.25, -0.2) is 4.98 Å². The fourth-order valence-electron chi connectivity index (χ4n) is 1.79. The molecule has 1 atom stereocenters. The lowest BCUT2D eigenvalue weighted by atomic mass is 10.1. The van der Waals surface area contributed by atoms with E-state index in [0.29, 0.717) is 30.3 Å². The van der Waals surface area contributed by atoms with E-state index in [1.807, 2.05) is 10.8 Å². The Bertz CT molecular complexity index is 518. The fourth-order valence-corrected chi connectivity index (χ4v) is 1.79. The molecule has 0 bridgehead atoms. The molecule has 3 N–H and O–H groups in total. The van der Waals surface area contributed by atoms with Crippen molar-refractivity contribution in [3.8, 4) is 0 Å². The van der Waals surface area contributed by atoms with Crippen LogP contribution in [0.5, 0.6) is 0 Å². The first-order valence-electron chi connectivity index (χ1n) is 6.20. The number of nitrogens with two attached hydrogens (primary N) is 1. The number of imidazole rings is 1. The van der Waals surface area contributed by atoms with Crippen LogP contribution in [-0.2, 0) is 13.1 Å². The molecule has 19 heavy (non-hydrogen) atoms. The van der Waals surface area contributed by atoms with Gasteiger partial charge in [-0.15, -0.1) is 0 Å². The molecule has 2 rings (SSSR count). The summed E-state index contributed by atoms with van der Waals surface area (Å²) in [7, 11) is 0. The topological polar surface area (TPSA) is 86.1 Å². The lowest BCUT2D eigenvalue weighted by Crippen LogP contribution is -2.29. The molecule has 2 heterocycles. The van der Waals surface area contributed by atoms with Crippen molar-refractivity contribution in [2.45, 2.75) is 20.0 Å². The van der Waals surface area contributed by atoms with Crippen LogP contribution in [0.4, 0.5) is 0 Å². The van der Waals surface area contributed by atoms with Crippen LogP contribution in [0.1, 0.15) is 23.0 Å². The van der Waals surface area contributed by atoms with Crippen LogP contribution in [0, 0.1) is 5.92 Å². The van der Waals surface area contributed by atoms with Crippen LogP contribution in [0.25, 0.3) is 0 Å². The van der Waals surface area contributed by atoms with Crippen molar-refractivity contribution in [1.82, 2.24) is 14.9 Å². The number of nitrogens with one attached hydrogen (secondary N) is 1. The Morgan fingerprint density at radius 2 is 2.47 bits per heavy atom. The van der Waals surface area contributed by atoms with Gasteiger partial charge in [0.2, 0.25) is 0 Å². The predicted octanol–water partition coefficient (Wildman–Crippen LogP) is 1.00. The Morgan fingerprint density at radius 1 is 1.63 bits per heavy atom. The first-order valence-corrected chi connectivity index (χ1v) is 6.20. The van der Waals surface area contributed by atoms with E-state index >= 15 is 0 Å². The summed E-state index contributed by atoms with van der Waals surface area (Å²) < 4.78 is 7.12. The van der Waals surface area contributed by atoms with E-state index < -0.39 is 0 Å². The van der Waals surface area contributed by atoms with E-state index in [0.717, 1.165) is 6.54 Å². The van der Waals surface area contributed by atoms with Gasteiger partial charge < -0.3 is 20.0 Å². The second-order valence-electron chi connectivity index (χ2n) is 4.58. The number of rotatable bonds is 6. The molecule has 6 nitrogen and oxygen atoms in total. The average molecular weight is 262 g/mol. The molecule has 2 aromatic rings. The fraction of sp³-hybridized carbons (Fsp3) is 0.385. The van der Waals surface area contributed by atoms with E-state index in [-0.39, 0.29) is 5.91 Å². The van der Waals surface area contributed by atoms with Gasteiger partial charge in [-0.1, -0.05) is 6.92 Å². The van der Waals surface area contributed by atoms with Gasteiger partial charge in [-0.2, -0.15) is 0 Å². The summed E-state index contributed by atoms with van der Waals surface area (Å²) in [4.78, 5) is 15.8. The highest BCUT2D eigenvalue weighted by molar-refractivity contribution is 5.93. The number of carbonyl (C=O) groups is 1. The van der Waals surface area contributed by atoms with E-state index in [1.54, 1.807) is 18.6 Å². The normalized spacial score (nSPS) is 12.3. The van der Waals surface area contributed by atoms with Gasteiger partial charge >= 0.3 is 0 Å². The highest BCUT2D eigenvalue weighted by Crippen LogP contribution is 2.07. The second-order valence-corrected chi connectivity index (χ2v) is 4.58. The summed E-state index contributed by atoms with van der Waals surface area (Å²) in [6, 6.07) is 1.66. The third kappa shape index (κ3) is 3.69. The molecule has 0 aliphatic carbocycles. The molecule has 0 saturated heterocycles. The van der Waals surface area contributed by atoms with Crippen molar-refractivity contribution >= 4 is 5.91 Å². The highest BCUT2D eigenvalue weighted by atomic mass is 16.3. The van der Waals surface area contributed by atoms with Gasteiger partial charge in [0.25, 0.3) is 5.91 Å². The SMILES string of the molecule is CC(CNC(=O)c1coc(CN)c1)Cn1ccnc1. The second kappa shape index (κ2) is 6.19. The molecule has 0 spiro atoms. The molecule has 0 aliphatic heterocycles. The lowest BCUT2D eigenvalue weighted by Gasteiger charge is -2.12. The van der Waals surface area contributed by atoms with Crippen molar-refractivity contribution in [2.24, 2.45) is 11.7 Å². The molecule has 0 radical (unpaired) electrons. The van der Waals surface area contributed by atoms with Crippen LogP contribution in [0.2, 0.25) is 0 Å². The Hall–Kier alpha value is -2.08. The highest BCUT2D eigenvalue weighted by Gasteiger charge is 2.11. The van der Waals surface area contributed by atoms with Gasteiger partial charge in [-0.05, 0) is 12.0 Å². The molecule has 0 saturated carbocycles. The van der Waals surface area contributed by atoms with Gasteiger partial charge in [0.05, 0.1) is 18.4 Å². The molecule has 0 aromatic carbocycles. The number of nitrogens with zero attached hydrogens (tertiary/aromatic N) is 2. The Balaban J connectivity index is 1.79. The minimum absolute atomic E-state index is 0.138. The Morgan fingerprint density at radius 3 is 3.11 bits per heavy atom. The van der Waals surface area contributed by atoms with Crippen molar-refractivity contribution < 1.29 is 9.21 Å². The third-order valence-corrected chi connectivity index (χ3v) is 2.81. The lowest BCUT2D eigenvalue weighted by molar-refractivity contribution is 0.0946. The monoisotopic (exact) mass is 262 g/mol. The van der Waals surface area contributed by atoms with Crippen LogP contribution >= 0.6 is 0 Å². The zero-order valence-corrected chi connectivity index (χ0v) is 10.9. The molecular formula is C13H18N4O2. The molecule has 102 valence electrons. The summed E-state index contributed by atoms with van der Waals surface area (Å²) in [6.07, 6.45) is 6.84. The maximum absolute atomic E-state index is 11.8. The minimum atomic E-state index is -0.138. The number of carbonyl (C=O) groups excluding carboxylic acids is 1. The third-order valence-electron chi connectivity index (χ3n) is 2.81. The van der Waals surface area contributed by atoms with Gasteiger partial charge in [0.15, 0.2) is 0 Å². The molecular weight excluding hydrogens is 244 g/mol. The number of hydrogen-bond acceptors (Lipinski definition) is 4. The van der Waals surface area contributed by atoms with Crippen molar-refractivity contribution in [2.75, 3.05) is 6.54 Å². The van der Waals surface area contributed by atoms with E-state index in [1.165, 1.54) is 6.26 Å². The first-order chi connectivity index (χ1) is 9.19. The van der Waals surface area contributed by atoms with Crippen LogP contribution in [0.3, 0.4) is 0 Å². The summed E-state index contributed by atoms with van der Waals surface area (Å²) in [5, 5.41) is 2.88. The summed E-state index contributed by atoms with van der Waals surface area (Å²) in [5.41, 5.74) is 5.94. The average Bonchev–Trinajstić information content (AvgIpc) is 3.06. The smallest absolute Gasteiger partial charge is 0.254 e. The molecule has 1 amide bonds. The van der Waals surface area contributed by atoms with Crippen LogP contribution < -0.4 is 11.1 Å². The number of aromatic nitrogens is 2. The van der Waals surface area contributed by atoms with Gasteiger partial charge in [-0.3, -0.25) is 4.79 Å². The van der Waals surface area contributed by atoms with Gasteiger partial charge in [0.1, 0.15) is 12.0 Å². The molecule has 1 unspecified atom stereocenters. The first kappa shape index (κ1) is 13.4. The number of amides is 1. The number of hydrogen-bond donors (Lipinski definition) is 2. The van der Waals surface area contributed by atoms with Gasteiger partial charge in [0, 0.05) is 25.5 Å². The Labute approximate surface area is 111 Å². The maximum atomic E-state index is 11.8. The molecule has 0 fully saturated rings. The summed E-state index contributed by atoms with van der Waals surface area (Å²) in [5.74, 6) is 0.788. The van der Waals surface area contributed by atoms with Crippen molar-refractivity contribution in [1.29, 1.82) is 0 Å². The van der Waals surface area contributed by atoms with E-state index in [2.05, 4.69) is 17.2 Å². The van der Waals surface area contributed by atoms with Crippen LogP contribution in [-0.4, -0.2) is 22.0 Å². The quantitative estimate of drug-likeness (QED) is 0.813. The van der Waals surface area contributed by atoms with E-state index in [9.17, 15) is 4.79 Å². The van der Waals surface area contributed by atoms with Crippen molar-refractivity contribution in [3.05, 3.63) is 42.4 Å². The van der Waals surface area contributed by atoms with Crippen molar-refractivity contribution in [3.63, 3.8) is 0 Å². The van der Waals surface area contributed by atoms with E-state index in [4.69, 9.17) is 10.2 Å².